The minimum atomic E-state index is -0.642. The van der Waals surface area contributed by atoms with Crippen molar-refractivity contribution in [3.8, 4) is 6.07 Å². The molecule has 20 heavy (non-hydrogen) atoms. The molecule has 0 radical (unpaired) electrons. The molecule has 0 bridgehead atoms. The average Bonchev–Trinajstić information content (AvgIpc) is 2.39. The Balaban J connectivity index is 2.26. The van der Waals surface area contributed by atoms with Gasteiger partial charge in [0.1, 0.15) is 11.9 Å². The van der Waals surface area contributed by atoms with Crippen LogP contribution in [0.15, 0.2) is 36.4 Å². The van der Waals surface area contributed by atoms with Gasteiger partial charge >= 0.3 is 0 Å². The fourth-order valence-corrected chi connectivity index (χ4v) is 2.10. The largest absolute Gasteiger partial charge is 0.322 e. The maximum absolute atomic E-state index is 13.2. The van der Waals surface area contributed by atoms with Gasteiger partial charge in [0.15, 0.2) is 0 Å². The maximum atomic E-state index is 13.2. The van der Waals surface area contributed by atoms with Crippen LogP contribution in [0, 0.1) is 17.1 Å². The number of amides is 1. The van der Waals surface area contributed by atoms with Gasteiger partial charge in [0.2, 0.25) is 0 Å². The molecule has 0 aliphatic heterocycles. The first-order valence-corrected chi connectivity index (χ1v) is 6.22. The summed E-state index contributed by atoms with van der Waals surface area (Å²) in [5.41, 5.74) is 0.432. The lowest BCUT2D eigenvalue weighted by molar-refractivity contribution is 0.102. The first-order valence-electron chi connectivity index (χ1n) is 5.46. The predicted octanol–water partition coefficient (Wildman–Crippen LogP) is 4.26. The van der Waals surface area contributed by atoms with Crippen LogP contribution >= 0.6 is 23.2 Å². The van der Waals surface area contributed by atoms with E-state index >= 15 is 0 Å². The molecule has 0 aromatic heterocycles. The first-order chi connectivity index (χ1) is 9.49. The van der Waals surface area contributed by atoms with Crippen LogP contribution in [0.2, 0.25) is 10.0 Å². The molecule has 0 heterocycles. The number of carbonyl (C=O) groups excluding carboxylic acids is 1. The van der Waals surface area contributed by atoms with Gasteiger partial charge in [0.25, 0.3) is 5.91 Å². The molecule has 3 nitrogen and oxygen atoms in total. The number of carbonyl (C=O) groups is 1. The molecule has 2 rings (SSSR count). The van der Waals surface area contributed by atoms with Crippen LogP contribution in [-0.2, 0) is 0 Å². The van der Waals surface area contributed by atoms with E-state index < -0.39 is 11.7 Å². The van der Waals surface area contributed by atoms with Crippen molar-refractivity contribution in [1.82, 2.24) is 0 Å². The predicted molar refractivity (Wildman–Crippen MR) is 75.5 cm³/mol. The van der Waals surface area contributed by atoms with Gasteiger partial charge in [-0.25, -0.2) is 4.39 Å². The molecule has 0 unspecified atom stereocenters. The third-order valence-electron chi connectivity index (χ3n) is 2.47. The van der Waals surface area contributed by atoms with Crippen LogP contribution in [0.1, 0.15) is 15.9 Å². The van der Waals surface area contributed by atoms with Gasteiger partial charge in [-0.05, 0) is 36.4 Å². The van der Waals surface area contributed by atoms with E-state index in [0.29, 0.717) is 15.7 Å². The fourth-order valence-electron chi connectivity index (χ4n) is 1.58. The van der Waals surface area contributed by atoms with Gasteiger partial charge in [-0.1, -0.05) is 23.2 Å². The SMILES string of the molecule is N#Cc1cc(NC(=O)c2cc(Cl)cc(Cl)c2)ccc1F. The molecule has 1 amide bonds. The third kappa shape index (κ3) is 3.27. The Morgan fingerprint density at radius 1 is 1.15 bits per heavy atom. The standard InChI is InChI=1S/C14H7Cl2FN2O/c15-10-3-8(4-11(16)6-10)14(20)19-12-1-2-13(17)9(5-12)7-18/h1-6H,(H,19,20). The summed E-state index contributed by atoms with van der Waals surface area (Å²) in [6.45, 7) is 0. The third-order valence-corrected chi connectivity index (χ3v) is 2.91. The first kappa shape index (κ1) is 14.3. The van der Waals surface area contributed by atoms with Gasteiger partial charge in [-0.15, -0.1) is 0 Å². The number of anilines is 1. The minimum absolute atomic E-state index is 0.146. The molecule has 0 atom stereocenters. The van der Waals surface area contributed by atoms with Gasteiger partial charge in [0, 0.05) is 21.3 Å². The molecule has 0 spiro atoms. The lowest BCUT2D eigenvalue weighted by atomic mass is 10.1. The van der Waals surface area contributed by atoms with Gasteiger partial charge < -0.3 is 5.32 Å². The molecule has 0 fully saturated rings. The summed E-state index contributed by atoms with van der Waals surface area (Å²) in [7, 11) is 0. The molecule has 100 valence electrons. The van der Waals surface area contributed by atoms with E-state index in [2.05, 4.69) is 5.32 Å². The summed E-state index contributed by atoms with van der Waals surface area (Å²) in [5, 5.41) is 11.9. The summed E-state index contributed by atoms with van der Waals surface area (Å²) in [4.78, 5) is 12.0. The van der Waals surface area contributed by atoms with Crippen molar-refractivity contribution < 1.29 is 9.18 Å². The van der Waals surface area contributed by atoms with E-state index in [-0.39, 0.29) is 11.1 Å². The summed E-state index contributed by atoms with van der Waals surface area (Å²) in [6, 6.07) is 9.84. The van der Waals surface area contributed by atoms with Crippen molar-refractivity contribution in [2.45, 2.75) is 0 Å². The Hall–Kier alpha value is -2.09. The number of nitrogens with zero attached hydrogens (tertiary/aromatic N) is 1. The van der Waals surface area contributed by atoms with Crippen LogP contribution in [0.25, 0.3) is 0 Å². The topological polar surface area (TPSA) is 52.9 Å². The number of hydrogen-bond acceptors (Lipinski definition) is 2. The zero-order valence-electron chi connectivity index (χ0n) is 9.95. The summed E-state index contributed by atoms with van der Waals surface area (Å²) < 4.78 is 13.2. The van der Waals surface area contributed by atoms with Crippen molar-refractivity contribution >= 4 is 34.8 Å². The van der Waals surface area contributed by atoms with E-state index in [1.807, 2.05) is 0 Å². The number of rotatable bonds is 2. The maximum Gasteiger partial charge on any atom is 0.255 e. The Morgan fingerprint density at radius 3 is 2.40 bits per heavy atom. The number of nitrogens with one attached hydrogen (secondary N) is 1. The highest BCUT2D eigenvalue weighted by atomic mass is 35.5. The molecule has 2 aromatic carbocycles. The monoisotopic (exact) mass is 308 g/mol. The molecule has 1 N–H and O–H groups in total. The number of hydrogen-bond donors (Lipinski definition) is 1. The van der Waals surface area contributed by atoms with Crippen LogP contribution in [0.5, 0.6) is 0 Å². The minimum Gasteiger partial charge on any atom is -0.322 e. The van der Waals surface area contributed by atoms with Crippen molar-refractivity contribution in [3.63, 3.8) is 0 Å². The van der Waals surface area contributed by atoms with Crippen molar-refractivity contribution in [2.75, 3.05) is 5.32 Å². The molecule has 0 saturated heterocycles. The fraction of sp³-hybridized carbons (Fsp3) is 0. The summed E-state index contributed by atoms with van der Waals surface area (Å²) in [5.74, 6) is -1.10. The van der Waals surface area contributed by atoms with Crippen molar-refractivity contribution in [3.05, 3.63) is 63.4 Å². The lowest BCUT2D eigenvalue weighted by Crippen LogP contribution is -2.12. The molecular formula is C14H7Cl2FN2O. The number of halogens is 3. The van der Waals surface area contributed by atoms with Crippen molar-refractivity contribution in [2.24, 2.45) is 0 Å². The quantitative estimate of drug-likeness (QED) is 0.901. The highest BCUT2D eigenvalue weighted by Gasteiger charge is 2.10. The number of benzene rings is 2. The Kier molecular flexibility index (Phi) is 4.23. The lowest BCUT2D eigenvalue weighted by Gasteiger charge is -2.07. The molecule has 0 saturated carbocycles. The van der Waals surface area contributed by atoms with Crippen LogP contribution < -0.4 is 5.32 Å². The Labute approximate surface area is 124 Å². The van der Waals surface area contributed by atoms with E-state index in [4.69, 9.17) is 28.5 Å². The highest BCUT2D eigenvalue weighted by molar-refractivity contribution is 6.35. The Bertz CT molecular complexity index is 705. The van der Waals surface area contributed by atoms with E-state index in [1.54, 1.807) is 6.07 Å². The molecule has 2 aromatic rings. The second-order valence-corrected chi connectivity index (χ2v) is 4.79. The average molecular weight is 309 g/mol. The second kappa shape index (κ2) is 5.91. The zero-order valence-corrected chi connectivity index (χ0v) is 11.5. The van der Waals surface area contributed by atoms with Crippen LogP contribution in [-0.4, -0.2) is 5.91 Å². The smallest absolute Gasteiger partial charge is 0.255 e. The van der Waals surface area contributed by atoms with Gasteiger partial charge in [0.05, 0.1) is 5.56 Å². The van der Waals surface area contributed by atoms with E-state index in [1.165, 1.54) is 30.3 Å². The zero-order chi connectivity index (χ0) is 14.7. The van der Waals surface area contributed by atoms with Crippen molar-refractivity contribution in [1.29, 1.82) is 5.26 Å². The normalized spacial score (nSPS) is 9.90. The molecule has 6 heteroatoms. The van der Waals surface area contributed by atoms with Gasteiger partial charge in [-0.3, -0.25) is 4.79 Å². The van der Waals surface area contributed by atoms with E-state index in [9.17, 15) is 9.18 Å². The van der Waals surface area contributed by atoms with E-state index in [0.717, 1.165) is 6.07 Å². The summed E-state index contributed by atoms with van der Waals surface area (Å²) in [6.07, 6.45) is 0. The van der Waals surface area contributed by atoms with Crippen LogP contribution in [0.3, 0.4) is 0 Å². The second-order valence-electron chi connectivity index (χ2n) is 3.92. The van der Waals surface area contributed by atoms with Crippen LogP contribution in [0.4, 0.5) is 10.1 Å². The number of nitriles is 1. The van der Waals surface area contributed by atoms with Gasteiger partial charge in [-0.2, -0.15) is 5.26 Å². The molecule has 0 aliphatic rings. The molecule has 0 aliphatic carbocycles. The molecular weight excluding hydrogens is 302 g/mol. The Morgan fingerprint density at radius 2 is 1.80 bits per heavy atom. The summed E-state index contributed by atoms with van der Waals surface area (Å²) >= 11 is 11.6. The highest BCUT2D eigenvalue weighted by Crippen LogP contribution is 2.20.